The average molecular weight is 240 g/mol. The lowest BCUT2D eigenvalue weighted by Crippen LogP contribution is -2.12. The Labute approximate surface area is 101 Å². The molecule has 0 aliphatic carbocycles. The average Bonchev–Trinajstić information content (AvgIpc) is 2.34. The van der Waals surface area contributed by atoms with Crippen LogP contribution in [0.25, 0.3) is 0 Å². The van der Waals surface area contributed by atoms with E-state index in [2.05, 4.69) is 4.74 Å². The van der Waals surface area contributed by atoms with E-state index in [1.54, 1.807) is 24.3 Å². The molecular weight excluding hydrogens is 226 g/mol. The third-order valence-corrected chi connectivity index (χ3v) is 2.13. The Morgan fingerprint density at radius 2 is 2.00 bits per heavy atom. The van der Waals surface area contributed by atoms with Gasteiger partial charge in [0.05, 0.1) is 13.2 Å². The lowest BCUT2D eigenvalue weighted by atomic mass is 10.0. The zero-order valence-corrected chi connectivity index (χ0v) is 10.3. The Kier molecular flexibility index (Phi) is 6.98. The van der Waals surface area contributed by atoms with Crippen molar-refractivity contribution in [2.45, 2.75) is 19.8 Å². The van der Waals surface area contributed by atoms with Gasteiger partial charge in [-0.2, -0.15) is 5.26 Å². The monoisotopic (exact) mass is 239 g/mol. The first-order chi connectivity index (χ1) is 7.70. The second-order valence-electron chi connectivity index (χ2n) is 2.61. The van der Waals surface area contributed by atoms with E-state index in [4.69, 9.17) is 16.9 Å². The molecule has 0 aromatic heterocycles. The van der Waals surface area contributed by atoms with Crippen molar-refractivity contribution in [3.05, 3.63) is 34.9 Å². The largest absolute Gasteiger partial charge is 0.468 e. The summed E-state index contributed by atoms with van der Waals surface area (Å²) in [4.78, 5) is 11.2. The Bertz CT molecular complexity index is 385. The molecule has 0 bridgehead atoms. The number of hydrogen-bond acceptors (Lipinski definition) is 3. The molecule has 0 N–H and O–H groups in total. The van der Waals surface area contributed by atoms with Crippen LogP contribution in [0.1, 0.15) is 25.3 Å². The highest BCUT2D eigenvalue weighted by molar-refractivity contribution is 6.31. The van der Waals surface area contributed by atoms with Crippen LogP contribution in [0.5, 0.6) is 0 Å². The van der Waals surface area contributed by atoms with Gasteiger partial charge in [0.15, 0.2) is 5.92 Å². The lowest BCUT2D eigenvalue weighted by molar-refractivity contribution is -0.140. The Balaban J connectivity index is 0.00000106. The number of carbonyl (C=O) groups excluding carboxylic acids is 1. The quantitative estimate of drug-likeness (QED) is 0.745. The smallest absolute Gasteiger partial charge is 0.327 e. The van der Waals surface area contributed by atoms with Crippen LogP contribution in [0.2, 0.25) is 5.02 Å². The number of carbonyl (C=O) groups is 1. The molecule has 0 saturated heterocycles. The number of ether oxygens (including phenoxy) is 1. The molecule has 1 rings (SSSR count). The third-order valence-electron chi connectivity index (χ3n) is 1.78. The maximum atomic E-state index is 11.2. The van der Waals surface area contributed by atoms with E-state index in [1.807, 2.05) is 19.9 Å². The topological polar surface area (TPSA) is 50.1 Å². The van der Waals surface area contributed by atoms with Crippen molar-refractivity contribution in [1.82, 2.24) is 0 Å². The number of rotatable bonds is 2. The molecule has 4 heteroatoms. The van der Waals surface area contributed by atoms with E-state index in [0.717, 1.165) is 0 Å². The molecule has 0 aliphatic heterocycles. The third kappa shape index (κ3) is 3.56. The van der Waals surface area contributed by atoms with Gasteiger partial charge in [-0.3, -0.25) is 4.79 Å². The fraction of sp³-hybridized carbons (Fsp3) is 0.333. The van der Waals surface area contributed by atoms with Crippen molar-refractivity contribution in [2.75, 3.05) is 7.11 Å². The summed E-state index contributed by atoms with van der Waals surface area (Å²) in [5.41, 5.74) is 0.475. The van der Waals surface area contributed by atoms with Gasteiger partial charge in [0, 0.05) is 5.02 Å². The molecule has 0 saturated carbocycles. The predicted octanol–water partition coefficient (Wildman–Crippen LogP) is 3.15. The minimum absolute atomic E-state index is 0.393. The minimum atomic E-state index is -0.950. The molecule has 3 nitrogen and oxygen atoms in total. The second-order valence-corrected chi connectivity index (χ2v) is 3.01. The highest BCUT2D eigenvalue weighted by Crippen LogP contribution is 2.24. The Morgan fingerprint density at radius 3 is 2.44 bits per heavy atom. The molecule has 1 unspecified atom stereocenters. The van der Waals surface area contributed by atoms with Crippen LogP contribution >= 0.6 is 11.6 Å². The van der Waals surface area contributed by atoms with Crippen LogP contribution < -0.4 is 0 Å². The van der Waals surface area contributed by atoms with Crippen molar-refractivity contribution < 1.29 is 9.53 Å². The first-order valence-corrected chi connectivity index (χ1v) is 5.30. The van der Waals surface area contributed by atoms with Gasteiger partial charge in [0.25, 0.3) is 0 Å². The number of nitriles is 1. The number of halogens is 1. The van der Waals surface area contributed by atoms with E-state index < -0.39 is 11.9 Å². The first-order valence-electron chi connectivity index (χ1n) is 4.92. The van der Waals surface area contributed by atoms with Crippen molar-refractivity contribution in [3.63, 3.8) is 0 Å². The van der Waals surface area contributed by atoms with Gasteiger partial charge in [-0.1, -0.05) is 43.6 Å². The molecular formula is C12H14ClNO2. The van der Waals surface area contributed by atoms with E-state index in [9.17, 15) is 4.79 Å². The molecule has 0 radical (unpaired) electrons. The van der Waals surface area contributed by atoms with Gasteiger partial charge in [-0.25, -0.2) is 0 Å². The second kappa shape index (κ2) is 7.72. The minimum Gasteiger partial charge on any atom is -0.468 e. The summed E-state index contributed by atoms with van der Waals surface area (Å²) in [6, 6.07) is 8.56. The normalized spacial score (nSPS) is 10.4. The van der Waals surface area contributed by atoms with E-state index in [0.29, 0.717) is 10.6 Å². The molecule has 86 valence electrons. The highest BCUT2D eigenvalue weighted by Gasteiger charge is 2.22. The van der Waals surface area contributed by atoms with Crippen molar-refractivity contribution in [3.8, 4) is 6.07 Å². The number of methoxy groups -OCH3 is 1. The molecule has 0 aliphatic rings. The lowest BCUT2D eigenvalue weighted by Gasteiger charge is -2.08. The summed E-state index contributed by atoms with van der Waals surface area (Å²) in [5, 5.41) is 9.19. The van der Waals surface area contributed by atoms with Crippen LogP contribution in [-0.2, 0) is 9.53 Å². The van der Waals surface area contributed by atoms with Crippen molar-refractivity contribution in [2.24, 2.45) is 0 Å². The zero-order valence-electron chi connectivity index (χ0n) is 9.53. The molecule has 0 heterocycles. The molecule has 1 aromatic rings. The molecule has 16 heavy (non-hydrogen) atoms. The maximum Gasteiger partial charge on any atom is 0.327 e. The number of benzene rings is 1. The maximum absolute atomic E-state index is 11.2. The van der Waals surface area contributed by atoms with Gasteiger partial charge >= 0.3 is 5.97 Å². The number of esters is 1. The van der Waals surface area contributed by atoms with Crippen molar-refractivity contribution in [1.29, 1.82) is 5.26 Å². The van der Waals surface area contributed by atoms with E-state index in [1.165, 1.54) is 7.11 Å². The van der Waals surface area contributed by atoms with Gasteiger partial charge in [0.1, 0.15) is 0 Å². The first kappa shape index (κ1) is 14.5. The SMILES string of the molecule is CC.COC(=O)C(C#N)c1ccccc1Cl. The molecule has 1 aromatic carbocycles. The molecule has 1 atom stereocenters. The van der Waals surface area contributed by atoms with Gasteiger partial charge in [0.2, 0.25) is 0 Å². The summed E-state index contributed by atoms with van der Waals surface area (Å²) in [7, 11) is 1.24. The number of nitrogens with zero attached hydrogens (tertiary/aromatic N) is 1. The van der Waals surface area contributed by atoms with Gasteiger partial charge in [-0.15, -0.1) is 0 Å². The highest BCUT2D eigenvalue weighted by atomic mass is 35.5. The molecule has 0 fully saturated rings. The Hall–Kier alpha value is -1.53. The van der Waals surface area contributed by atoms with Gasteiger partial charge in [-0.05, 0) is 11.6 Å². The van der Waals surface area contributed by atoms with Crippen LogP contribution in [0.15, 0.2) is 24.3 Å². The van der Waals surface area contributed by atoms with Gasteiger partial charge < -0.3 is 4.74 Å². The predicted molar refractivity (Wildman–Crippen MR) is 63.2 cm³/mol. The van der Waals surface area contributed by atoms with Crippen LogP contribution in [0.4, 0.5) is 0 Å². The van der Waals surface area contributed by atoms with Crippen molar-refractivity contribution >= 4 is 17.6 Å². The summed E-state index contributed by atoms with van der Waals surface area (Å²) in [5.74, 6) is -1.55. The number of hydrogen-bond donors (Lipinski definition) is 0. The zero-order chi connectivity index (χ0) is 12.6. The Morgan fingerprint density at radius 1 is 1.44 bits per heavy atom. The van der Waals surface area contributed by atoms with Crippen LogP contribution in [-0.4, -0.2) is 13.1 Å². The fourth-order valence-corrected chi connectivity index (χ4v) is 1.32. The van der Waals surface area contributed by atoms with E-state index >= 15 is 0 Å². The summed E-state index contributed by atoms with van der Waals surface area (Å²) < 4.78 is 4.49. The summed E-state index contributed by atoms with van der Waals surface area (Å²) >= 11 is 5.84. The fourth-order valence-electron chi connectivity index (χ4n) is 1.08. The molecule has 0 amide bonds. The van der Waals surface area contributed by atoms with Crippen LogP contribution in [0, 0.1) is 11.3 Å². The standard InChI is InChI=1S/C10H8ClNO2.C2H6/c1-14-10(13)8(6-12)7-4-2-3-5-9(7)11;1-2/h2-5,8H,1H3;1-2H3. The summed E-state index contributed by atoms with van der Waals surface area (Å²) in [6.45, 7) is 4.00. The summed E-state index contributed by atoms with van der Waals surface area (Å²) in [6.07, 6.45) is 0. The van der Waals surface area contributed by atoms with Crippen LogP contribution in [0.3, 0.4) is 0 Å². The van der Waals surface area contributed by atoms with E-state index in [-0.39, 0.29) is 0 Å². The molecule has 0 spiro atoms.